The molecule has 1 atom stereocenters. The van der Waals surface area contributed by atoms with Gasteiger partial charge in [-0.3, -0.25) is 4.79 Å². The van der Waals surface area contributed by atoms with Gasteiger partial charge in [0.2, 0.25) is 5.91 Å². The third-order valence-corrected chi connectivity index (χ3v) is 5.95. The maximum Gasteiger partial charge on any atom is 0.233 e. The van der Waals surface area contributed by atoms with Gasteiger partial charge in [0.1, 0.15) is 5.75 Å². The van der Waals surface area contributed by atoms with Gasteiger partial charge in [-0.05, 0) is 44.0 Å². The average molecular weight is 390 g/mol. The van der Waals surface area contributed by atoms with Crippen molar-refractivity contribution in [2.75, 3.05) is 12.4 Å². The second-order valence-electron chi connectivity index (χ2n) is 6.79. The van der Waals surface area contributed by atoms with Crippen molar-refractivity contribution in [3.8, 4) is 5.75 Å². The first-order chi connectivity index (χ1) is 13.1. The summed E-state index contributed by atoms with van der Waals surface area (Å²) in [6.45, 7) is 2.47. The molecule has 1 saturated carbocycles. The highest BCUT2D eigenvalue weighted by atomic mass is 32.2. The first kappa shape index (κ1) is 19.5. The highest BCUT2D eigenvalue weighted by molar-refractivity contribution is 8.00. The molecule has 0 aliphatic heterocycles. The van der Waals surface area contributed by atoms with Gasteiger partial charge >= 0.3 is 0 Å². The van der Waals surface area contributed by atoms with E-state index in [1.165, 1.54) is 24.6 Å². The summed E-state index contributed by atoms with van der Waals surface area (Å²) in [6.07, 6.45) is 4.60. The lowest BCUT2D eigenvalue weighted by Gasteiger charge is -2.16. The molecule has 1 aliphatic rings. The van der Waals surface area contributed by atoms with Crippen molar-refractivity contribution in [1.82, 2.24) is 20.1 Å². The Morgan fingerprint density at radius 1 is 1.30 bits per heavy atom. The van der Waals surface area contributed by atoms with E-state index in [4.69, 9.17) is 4.74 Å². The third kappa shape index (κ3) is 5.15. The van der Waals surface area contributed by atoms with Crippen LogP contribution in [-0.2, 0) is 18.4 Å². The number of anilines is 1. The Morgan fingerprint density at radius 2 is 2.00 bits per heavy atom. The number of hydrogen-bond donors (Lipinski definition) is 2. The molecule has 1 aromatic heterocycles. The summed E-state index contributed by atoms with van der Waals surface area (Å²) < 4.78 is 7.09. The topological polar surface area (TPSA) is 81.1 Å². The van der Waals surface area contributed by atoms with Gasteiger partial charge in [-0.15, -0.1) is 10.2 Å². The molecule has 2 N–H and O–H groups in total. The molecule has 8 heteroatoms. The van der Waals surface area contributed by atoms with E-state index in [1.54, 1.807) is 7.11 Å². The van der Waals surface area contributed by atoms with Crippen molar-refractivity contribution in [3.63, 3.8) is 0 Å². The normalized spacial score (nSPS) is 15.5. The first-order valence-corrected chi connectivity index (χ1v) is 10.2. The van der Waals surface area contributed by atoms with Crippen LogP contribution >= 0.6 is 11.8 Å². The van der Waals surface area contributed by atoms with Crippen molar-refractivity contribution >= 4 is 23.4 Å². The van der Waals surface area contributed by atoms with E-state index in [0.29, 0.717) is 12.6 Å². The maximum absolute atomic E-state index is 12.4. The summed E-state index contributed by atoms with van der Waals surface area (Å²) in [4.78, 5) is 12.4. The number of carbonyl (C=O) groups is 1. The molecule has 0 radical (unpaired) electrons. The predicted molar refractivity (Wildman–Crippen MR) is 107 cm³/mol. The molecular weight excluding hydrogens is 362 g/mol. The van der Waals surface area contributed by atoms with Crippen LogP contribution < -0.4 is 15.4 Å². The van der Waals surface area contributed by atoms with Crippen LogP contribution in [0.25, 0.3) is 0 Å². The van der Waals surface area contributed by atoms with Gasteiger partial charge in [-0.25, -0.2) is 0 Å². The molecule has 2 aromatic rings. The fourth-order valence-electron chi connectivity index (χ4n) is 3.09. The number of thioether (sulfide) groups is 1. The summed E-state index contributed by atoms with van der Waals surface area (Å²) in [5.74, 6) is 1.72. The lowest BCUT2D eigenvalue weighted by atomic mass is 10.2. The fourth-order valence-corrected chi connectivity index (χ4v) is 3.93. The van der Waals surface area contributed by atoms with E-state index >= 15 is 0 Å². The maximum atomic E-state index is 12.4. The minimum Gasteiger partial charge on any atom is -0.497 e. The highest BCUT2D eigenvalue weighted by Gasteiger charge is 2.23. The number of nitrogens with zero attached hydrogens (tertiary/aromatic N) is 3. The van der Waals surface area contributed by atoms with Crippen LogP contribution in [0.3, 0.4) is 0 Å². The van der Waals surface area contributed by atoms with Gasteiger partial charge in [-0.2, -0.15) is 0 Å². The molecule has 1 amide bonds. The number of carbonyl (C=O) groups excluding carboxylic acids is 1. The van der Waals surface area contributed by atoms with Crippen LogP contribution in [0.4, 0.5) is 5.69 Å². The molecule has 1 fully saturated rings. The number of ether oxygens (including phenoxy) is 1. The van der Waals surface area contributed by atoms with E-state index < -0.39 is 0 Å². The molecule has 1 heterocycles. The Balaban J connectivity index is 1.53. The summed E-state index contributed by atoms with van der Waals surface area (Å²) in [7, 11) is 3.57. The zero-order chi connectivity index (χ0) is 19.2. The predicted octanol–water partition coefficient (Wildman–Crippen LogP) is 2.98. The van der Waals surface area contributed by atoms with Gasteiger partial charge in [0.25, 0.3) is 0 Å². The Kier molecular flexibility index (Phi) is 6.60. The van der Waals surface area contributed by atoms with Gasteiger partial charge in [0.15, 0.2) is 11.0 Å². The van der Waals surface area contributed by atoms with E-state index in [1.807, 2.05) is 42.8 Å². The second kappa shape index (κ2) is 9.12. The van der Waals surface area contributed by atoms with Crippen molar-refractivity contribution < 1.29 is 9.53 Å². The SMILES string of the molecule is COc1ccc(NCc2nnc(SC(C)C(=O)NC3CCCC3)n2C)cc1. The summed E-state index contributed by atoms with van der Waals surface area (Å²) in [5.41, 5.74) is 0.984. The van der Waals surface area contributed by atoms with Crippen molar-refractivity contribution in [1.29, 1.82) is 0 Å². The smallest absolute Gasteiger partial charge is 0.233 e. The largest absolute Gasteiger partial charge is 0.497 e. The Hall–Kier alpha value is -2.22. The summed E-state index contributed by atoms with van der Waals surface area (Å²) in [6, 6.07) is 8.07. The van der Waals surface area contributed by atoms with Crippen LogP contribution in [0.5, 0.6) is 5.75 Å². The number of benzene rings is 1. The Morgan fingerprint density at radius 3 is 2.67 bits per heavy atom. The average Bonchev–Trinajstić information content (AvgIpc) is 3.31. The van der Waals surface area contributed by atoms with Crippen LogP contribution in [0, 0.1) is 0 Å². The standard InChI is InChI=1S/C19H27N5O2S/c1-13(18(25)21-15-6-4-5-7-15)27-19-23-22-17(24(19)2)12-20-14-8-10-16(26-3)11-9-14/h8-11,13,15,20H,4-7,12H2,1-3H3,(H,21,25). The van der Waals surface area contributed by atoms with Crippen LogP contribution in [-0.4, -0.2) is 39.1 Å². The molecule has 0 spiro atoms. The van der Waals surface area contributed by atoms with Gasteiger partial charge < -0.3 is 19.9 Å². The van der Waals surface area contributed by atoms with E-state index in [-0.39, 0.29) is 11.2 Å². The van der Waals surface area contributed by atoms with Crippen LogP contribution in [0.1, 0.15) is 38.4 Å². The molecule has 0 bridgehead atoms. The highest BCUT2D eigenvalue weighted by Crippen LogP contribution is 2.24. The van der Waals surface area contributed by atoms with Crippen molar-refractivity contribution in [3.05, 3.63) is 30.1 Å². The third-order valence-electron chi connectivity index (χ3n) is 4.82. The number of methoxy groups -OCH3 is 1. The molecular formula is C19H27N5O2S. The lowest BCUT2D eigenvalue weighted by molar-refractivity contribution is -0.120. The molecule has 0 saturated heterocycles. The quantitative estimate of drug-likeness (QED) is 0.676. The Bertz CT molecular complexity index is 756. The first-order valence-electron chi connectivity index (χ1n) is 9.30. The van der Waals surface area contributed by atoms with Crippen LogP contribution in [0.2, 0.25) is 0 Å². The summed E-state index contributed by atoms with van der Waals surface area (Å²) >= 11 is 1.44. The van der Waals surface area contributed by atoms with Crippen molar-refractivity contribution in [2.24, 2.45) is 7.05 Å². The Labute approximate surface area is 164 Å². The zero-order valence-electron chi connectivity index (χ0n) is 16.1. The second-order valence-corrected chi connectivity index (χ2v) is 8.10. The van der Waals surface area contributed by atoms with E-state index in [2.05, 4.69) is 20.8 Å². The molecule has 3 rings (SSSR count). The minimum atomic E-state index is -0.198. The molecule has 146 valence electrons. The van der Waals surface area contributed by atoms with Gasteiger partial charge in [0, 0.05) is 18.8 Å². The van der Waals surface area contributed by atoms with Gasteiger partial charge in [0.05, 0.1) is 18.9 Å². The molecule has 1 aliphatic carbocycles. The summed E-state index contributed by atoms with van der Waals surface area (Å²) in [5, 5.41) is 15.5. The number of hydrogen-bond acceptors (Lipinski definition) is 6. The molecule has 1 aromatic carbocycles. The lowest BCUT2D eigenvalue weighted by Crippen LogP contribution is -2.37. The number of nitrogens with one attached hydrogen (secondary N) is 2. The number of amides is 1. The molecule has 1 unspecified atom stereocenters. The van der Waals surface area contributed by atoms with E-state index in [9.17, 15) is 4.79 Å². The molecule has 27 heavy (non-hydrogen) atoms. The van der Waals surface area contributed by atoms with Crippen molar-refractivity contribution in [2.45, 2.75) is 55.6 Å². The van der Waals surface area contributed by atoms with Gasteiger partial charge in [-0.1, -0.05) is 24.6 Å². The fraction of sp³-hybridized carbons (Fsp3) is 0.526. The monoisotopic (exact) mass is 389 g/mol. The van der Waals surface area contributed by atoms with E-state index in [0.717, 1.165) is 35.3 Å². The number of rotatable bonds is 8. The zero-order valence-corrected chi connectivity index (χ0v) is 16.9. The minimum absolute atomic E-state index is 0.0767. The number of aromatic nitrogens is 3. The van der Waals surface area contributed by atoms with Crippen LogP contribution in [0.15, 0.2) is 29.4 Å². The molecule has 7 nitrogen and oxygen atoms in total.